The van der Waals surface area contributed by atoms with E-state index in [4.69, 9.17) is 9.47 Å². The molecule has 1 aromatic heterocycles. The molecule has 4 rings (SSSR count). The van der Waals surface area contributed by atoms with Gasteiger partial charge in [-0.05, 0) is 36.4 Å². The molecule has 0 spiro atoms. The summed E-state index contributed by atoms with van der Waals surface area (Å²) in [5, 5.41) is 4.57. The van der Waals surface area contributed by atoms with Gasteiger partial charge in [0.25, 0.3) is 0 Å². The molecule has 1 aliphatic heterocycles. The number of fused-ring (bicyclic) bond motifs is 1. The maximum absolute atomic E-state index is 13.8. The topological polar surface area (TPSA) is 60.5 Å². The first-order valence-corrected chi connectivity index (χ1v) is 10.2. The van der Waals surface area contributed by atoms with Gasteiger partial charge >= 0.3 is 0 Å². The van der Waals surface area contributed by atoms with E-state index in [0.29, 0.717) is 29.8 Å². The Kier molecular flexibility index (Phi) is 5.45. The van der Waals surface area contributed by atoms with Crippen molar-refractivity contribution in [2.24, 2.45) is 0 Å². The minimum atomic E-state index is -0.571. The minimum Gasteiger partial charge on any atom is -0.486 e. The average molecular weight is 420 g/mol. The fraction of sp³-hybridized carbons (Fsp3) is 0.158. The van der Waals surface area contributed by atoms with Crippen molar-refractivity contribution in [3.8, 4) is 22.8 Å². The molecule has 1 aliphatic rings. The second kappa shape index (κ2) is 8.15. The number of hydrogen-bond donors (Lipinski definition) is 1. The third-order valence-corrected chi connectivity index (χ3v) is 5.59. The second-order valence-corrected chi connectivity index (χ2v) is 7.71. The highest BCUT2D eigenvalue weighted by Gasteiger charge is 2.14. The van der Waals surface area contributed by atoms with Gasteiger partial charge in [-0.1, -0.05) is 0 Å². The Morgan fingerprint density at radius 2 is 1.96 bits per heavy atom. The molecule has 0 saturated carbocycles. The molecule has 1 amide bonds. The highest BCUT2D eigenvalue weighted by Crippen LogP contribution is 2.34. The zero-order valence-corrected chi connectivity index (χ0v) is 16.0. The lowest BCUT2D eigenvalue weighted by Gasteiger charge is -2.18. The van der Waals surface area contributed by atoms with Crippen LogP contribution in [0.15, 0.2) is 46.7 Å². The van der Waals surface area contributed by atoms with Crippen LogP contribution in [0.25, 0.3) is 11.3 Å². The van der Waals surface area contributed by atoms with E-state index >= 15 is 0 Å². The lowest BCUT2D eigenvalue weighted by molar-refractivity contribution is -0.113. The van der Waals surface area contributed by atoms with Crippen molar-refractivity contribution in [3.63, 3.8) is 0 Å². The van der Waals surface area contributed by atoms with Crippen molar-refractivity contribution in [1.82, 2.24) is 4.98 Å². The van der Waals surface area contributed by atoms with E-state index in [-0.39, 0.29) is 22.9 Å². The van der Waals surface area contributed by atoms with Crippen LogP contribution < -0.4 is 14.8 Å². The molecule has 0 atom stereocenters. The fourth-order valence-corrected chi connectivity index (χ4v) is 4.02. The lowest BCUT2D eigenvalue weighted by Crippen LogP contribution is -2.15. The van der Waals surface area contributed by atoms with Crippen molar-refractivity contribution in [1.29, 1.82) is 0 Å². The standard InChI is InChI=1S/C19H14F2N2O3S2/c20-11-1-3-14(21)13(7-11)15-9-28-19(22-15)23-18(24)10-27-12-2-4-16-17(8-12)26-6-5-25-16/h1-4,7-9H,5-6,10H2,(H,22,23,24). The summed E-state index contributed by atoms with van der Waals surface area (Å²) in [5.41, 5.74) is 0.333. The largest absolute Gasteiger partial charge is 0.486 e. The normalized spacial score (nSPS) is 12.6. The second-order valence-electron chi connectivity index (χ2n) is 5.80. The third-order valence-electron chi connectivity index (χ3n) is 3.84. The number of halogens is 2. The average Bonchev–Trinajstić information content (AvgIpc) is 3.16. The lowest BCUT2D eigenvalue weighted by atomic mass is 10.1. The maximum Gasteiger partial charge on any atom is 0.236 e. The predicted octanol–water partition coefficient (Wildman–Crippen LogP) is 4.59. The Morgan fingerprint density at radius 1 is 1.14 bits per heavy atom. The smallest absolute Gasteiger partial charge is 0.236 e. The summed E-state index contributed by atoms with van der Waals surface area (Å²) < 4.78 is 38.2. The number of carbonyl (C=O) groups excluding carboxylic acids is 1. The minimum absolute atomic E-state index is 0.0578. The number of thioether (sulfide) groups is 1. The third kappa shape index (κ3) is 4.26. The van der Waals surface area contributed by atoms with Crippen LogP contribution in [0.3, 0.4) is 0 Å². The molecule has 0 unspecified atom stereocenters. The molecule has 1 N–H and O–H groups in total. The molecule has 0 bridgehead atoms. The summed E-state index contributed by atoms with van der Waals surface area (Å²) in [6.45, 7) is 1.02. The van der Waals surface area contributed by atoms with Gasteiger partial charge in [0.15, 0.2) is 16.6 Å². The van der Waals surface area contributed by atoms with E-state index < -0.39 is 11.6 Å². The molecule has 0 fully saturated rings. The number of ether oxygens (including phenoxy) is 2. The van der Waals surface area contributed by atoms with Gasteiger partial charge in [0.1, 0.15) is 24.8 Å². The Labute approximate surface area is 167 Å². The molecular weight excluding hydrogens is 406 g/mol. The summed E-state index contributed by atoms with van der Waals surface area (Å²) in [7, 11) is 0. The quantitative estimate of drug-likeness (QED) is 0.612. The van der Waals surface area contributed by atoms with Gasteiger partial charge in [-0.25, -0.2) is 13.8 Å². The predicted molar refractivity (Wildman–Crippen MR) is 104 cm³/mol. The number of aromatic nitrogens is 1. The highest BCUT2D eigenvalue weighted by molar-refractivity contribution is 8.00. The van der Waals surface area contributed by atoms with E-state index in [9.17, 15) is 13.6 Å². The van der Waals surface area contributed by atoms with E-state index in [0.717, 1.165) is 34.4 Å². The molecule has 2 aromatic carbocycles. The van der Waals surface area contributed by atoms with E-state index in [1.54, 1.807) is 5.38 Å². The number of nitrogens with one attached hydrogen (secondary N) is 1. The summed E-state index contributed by atoms with van der Waals surface area (Å²) in [6.07, 6.45) is 0. The number of amides is 1. The van der Waals surface area contributed by atoms with Gasteiger partial charge in [-0.3, -0.25) is 4.79 Å². The van der Waals surface area contributed by atoms with Crippen molar-refractivity contribution in [2.45, 2.75) is 4.90 Å². The number of nitrogens with zero attached hydrogens (tertiary/aromatic N) is 1. The molecule has 2 heterocycles. The van der Waals surface area contributed by atoms with Gasteiger partial charge in [0.2, 0.25) is 5.91 Å². The summed E-state index contributed by atoms with van der Waals surface area (Å²) >= 11 is 2.50. The van der Waals surface area contributed by atoms with Crippen LogP contribution in [0, 0.1) is 11.6 Å². The molecule has 0 radical (unpaired) electrons. The molecule has 0 aliphatic carbocycles. The van der Waals surface area contributed by atoms with Crippen LogP contribution in [0.2, 0.25) is 0 Å². The van der Waals surface area contributed by atoms with Crippen LogP contribution in [-0.2, 0) is 4.79 Å². The van der Waals surface area contributed by atoms with Crippen LogP contribution in [0.5, 0.6) is 11.5 Å². The maximum atomic E-state index is 13.8. The van der Waals surface area contributed by atoms with Gasteiger partial charge < -0.3 is 14.8 Å². The Balaban J connectivity index is 1.37. The molecule has 144 valence electrons. The molecule has 5 nitrogen and oxygen atoms in total. The van der Waals surface area contributed by atoms with Gasteiger partial charge in [-0.15, -0.1) is 23.1 Å². The first kappa shape index (κ1) is 18.7. The van der Waals surface area contributed by atoms with Crippen molar-refractivity contribution < 1.29 is 23.0 Å². The zero-order chi connectivity index (χ0) is 19.5. The fourth-order valence-electron chi connectivity index (χ4n) is 2.57. The molecule has 0 saturated heterocycles. The van der Waals surface area contributed by atoms with Gasteiger partial charge in [-0.2, -0.15) is 0 Å². The van der Waals surface area contributed by atoms with E-state index in [1.807, 2.05) is 18.2 Å². The Morgan fingerprint density at radius 3 is 2.82 bits per heavy atom. The van der Waals surface area contributed by atoms with Crippen molar-refractivity contribution in [2.75, 3.05) is 24.3 Å². The van der Waals surface area contributed by atoms with Crippen LogP contribution in [0.1, 0.15) is 0 Å². The molecular formula is C19H14F2N2O3S2. The molecule has 3 aromatic rings. The highest BCUT2D eigenvalue weighted by atomic mass is 32.2. The van der Waals surface area contributed by atoms with Gasteiger partial charge in [0, 0.05) is 15.8 Å². The van der Waals surface area contributed by atoms with Crippen LogP contribution >= 0.6 is 23.1 Å². The van der Waals surface area contributed by atoms with Crippen molar-refractivity contribution in [3.05, 3.63) is 53.4 Å². The first-order valence-electron chi connectivity index (χ1n) is 8.32. The van der Waals surface area contributed by atoms with Crippen LogP contribution in [0.4, 0.5) is 13.9 Å². The van der Waals surface area contributed by atoms with Crippen LogP contribution in [-0.4, -0.2) is 29.9 Å². The van der Waals surface area contributed by atoms with E-state index in [2.05, 4.69) is 10.3 Å². The SMILES string of the molecule is O=C(CSc1ccc2c(c1)OCCO2)Nc1nc(-c2cc(F)ccc2F)cs1. The summed E-state index contributed by atoms with van der Waals surface area (Å²) in [6, 6.07) is 8.68. The Hall–Kier alpha value is -2.65. The number of benzene rings is 2. The molecule has 9 heteroatoms. The zero-order valence-electron chi connectivity index (χ0n) is 14.4. The number of anilines is 1. The summed E-state index contributed by atoms with van der Waals surface area (Å²) in [5.74, 6) is 0.159. The van der Waals surface area contributed by atoms with Crippen molar-refractivity contribution >= 4 is 34.1 Å². The first-order chi connectivity index (χ1) is 13.6. The molecule has 28 heavy (non-hydrogen) atoms. The number of carbonyl (C=O) groups is 1. The number of hydrogen-bond acceptors (Lipinski definition) is 6. The van der Waals surface area contributed by atoms with Gasteiger partial charge in [0.05, 0.1) is 11.4 Å². The monoisotopic (exact) mass is 420 g/mol. The number of thiazole rings is 1. The number of rotatable bonds is 5. The summed E-state index contributed by atoms with van der Waals surface area (Å²) in [4.78, 5) is 17.2. The van der Waals surface area contributed by atoms with E-state index in [1.165, 1.54) is 11.8 Å². The Bertz CT molecular complexity index is 1030.